The maximum atomic E-state index is 13.4. The van der Waals surface area contributed by atoms with Crippen LogP contribution in [0.15, 0.2) is 70.5 Å². The molecular weight excluding hydrogens is 514 g/mol. The molecule has 0 spiro atoms. The van der Waals surface area contributed by atoms with E-state index in [1.54, 1.807) is 33.3 Å². The predicted octanol–water partition coefficient (Wildman–Crippen LogP) is 4.78. The van der Waals surface area contributed by atoms with E-state index in [4.69, 9.17) is 14.2 Å². The molecule has 0 bridgehead atoms. The summed E-state index contributed by atoms with van der Waals surface area (Å²) in [7, 11) is 6.57. The van der Waals surface area contributed by atoms with Gasteiger partial charge in [-0.15, -0.1) is 0 Å². The topological polar surface area (TPSA) is 71.6 Å². The molecule has 2 aliphatic heterocycles. The van der Waals surface area contributed by atoms with Gasteiger partial charge in [0.15, 0.2) is 11.5 Å². The number of rotatable bonds is 6. The molecule has 0 unspecified atom stereocenters. The van der Waals surface area contributed by atoms with Crippen LogP contribution in [0.5, 0.6) is 17.2 Å². The molecule has 0 aliphatic carbocycles. The van der Waals surface area contributed by atoms with E-state index < -0.39 is 0 Å². The molecule has 1 saturated heterocycles. The second-order valence-electron chi connectivity index (χ2n) is 9.25. The Morgan fingerprint density at radius 3 is 2.23 bits per heavy atom. The smallest absolute Gasteiger partial charge is 0.264 e. The van der Waals surface area contributed by atoms with Gasteiger partial charge in [0.1, 0.15) is 5.75 Å². The molecule has 8 nitrogen and oxygen atoms in total. The Bertz CT molecular complexity index is 1410. The van der Waals surface area contributed by atoms with Gasteiger partial charge in [0.05, 0.1) is 31.9 Å². The Morgan fingerprint density at radius 2 is 1.56 bits per heavy atom. The first-order chi connectivity index (χ1) is 18.9. The van der Waals surface area contributed by atoms with E-state index in [0.717, 1.165) is 40.7 Å². The fourth-order valence-electron chi connectivity index (χ4n) is 4.76. The Labute approximate surface area is 232 Å². The number of fused-ring (bicyclic) bond motifs is 1. The standard InChI is InChI=1S/C30H31N3O5S/c1-31-24-19-21(29(34)33-15-13-32(14-16-33)22-7-9-23(36-2)10-8-22)6-12-27(24)39-28(30(31)35)18-20-5-11-25(37-3)26(17-20)38-4/h5-12,17-19H,13-16H2,1-4H3. The molecule has 0 saturated carbocycles. The van der Waals surface area contributed by atoms with Crippen LogP contribution in [0.4, 0.5) is 11.4 Å². The molecule has 0 N–H and O–H groups in total. The first kappa shape index (κ1) is 26.5. The minimum absolute atomic E-state index is 0.0234. The van der Waals surface area contributed by atoms with Crippen molar-refractivity contribution < 1.29 is 23.8 Å². The van der Waals surface area contributed by atoms with Crippen molar-refractivity contribution in [2.45, 2.75) is 4.90 Å². The summed E-state index contributed by atoms with van der Waals surface area (Å²) in [6, 6.07) is 19.1. The van der Waals surface area contributed by atoms with Crippen LogP contribution in [-0.4, -0.2) is 71.3 Å². The first-order valence-corrected chi connectivity index (χ1v) is 13.5. The molecule has 2 heterocycles. The lowest BCUT2D eigenvalue weighted by atomic mass is 10.1. The number of hydrogen-bond donors (Lipinski definition) is 0. The van der Waals surface area contributed by atoms with Gasteiger partial charge >= 0.3 is 0 Å². The molecule has 1 fully saturated rings. The third kappa shape index (κ3) is 5.40. The number of anilines is 2. The van der Waals surface area contributed by atoms with Gasteiger partial charge in [-0.05, 0) is 66.2 Å². The second kappa shape index (κ2) is 11.3. The first-order valence-electron chi connectivity index (χ1n) is 12.6. The molecule has 2 aliphatic rings. The highest BCUT2D eigenvalue weighted by molar-refractivity contribution is 8.04. The van der Waals surface area contributed by atoms with Crippen LogP contribution in [0.2, 0.25) is 0 Å². The van der Waals surface area contributed by atoms with Crippen LogP contribution in [0.1, 0.15) is 15.9 Å². The highest BCUT2D eigenvalue weighted by Gasteiger charge is 2.29. The van der Waals surface area contributed by atoms with Crippen molar-refractivity contribution in [2.24, 2.45) is 0 Å². The fraction of sp³-hybridized carbons (Fsp3) is 0.267. The van der Waals surface area contributed by atoms with Crippen molar-refractivity contribution >= 4 is 41.0 Å². The third-order valence-corrected chi connectivity index (χ3v) is 8.09. The van der Waals surface area contributed by atoms with Crippen LogP contribution in [0.3, 0.4) is 0 Å². The molecule has 0 aromatic heterocycles. The van der Waals surface area contributed by atoms with Gasteiger partial charge < -0.3 is 28.9 Å². The van der Waals surface area contributed by atoms with Crippen molar-refractivity contribution in [3.8, 4) is 17.2 Å². The maximum absolute atomic E-state index is 13.4. The summed E-state index contributed by atoms with van der Waals surface area (Å²) in [6.45, 7) is 2.76. The van der Waals surface area contributed by atoms with Crippen LogP contribution in [0.25, 0.3) is 6.08 Å². The number of likely N-dealkylation sites (N-methyl/N-ethyl adjacent to an activating group) is 1. The zero-order valence-electron chi connectivity index (χ0n) is 22.5. The lowest BCUT2D eigenvalue weighted by molar-refractivity contribution is -0.114. The Kier molecular flexibility index (Phi) is 7.70. The molecule has 0 atom stereocenters. The second-order valence-corrected chi connectivity index (χ2v) is 10.3. The summed E-state index contributed by atoms with van der Waals surface area (Å²) in [5.41, 5.74) is 3.27. The van der Waals surface area contributed by atoms with E-state index in [9.17, 15) is 9.59 Å². The van der Waals surface area contributed by atoms with E-state index in [2.05, 4.69) is 4.90 Å². The maximum Gasteiger partial charge on any atom is 0.264 e. The van der Waals surface area contributed by atoms with Crippen molar-refractivity contribution in [3.63, 3.8) is 0 Å². The van der Waals surface area contributed by atoms with Gasteiger partial charge in [0.25, 0.3) is 11.8 Å². The normalized spacial score (nSPS) is 16.3. The Hall–Kier alpha value is -4.11. The molecule has 5 rings (SSSR count). The average Bonchev–Trinajstić information content (AvgIpc) is 2.99. The highest BCUT2D eigenvalue weighted by Crippen LogP contribution is 2.42. The number of piperazine rings is 1. The largest absolute Gasteiger partial charge is 0.497 e. The number of amides is 2. The SMILES string of the molecule is COc1ccc(N2CCN(C(=O)c3ccc4c(c3)N(C)C(=O)C(=Cc3ccc(OC)c(OC)c3)S4)CC2)cc1. The van der Waals surface area contributed by atoms with Crippen molar-refractivity contribution in [3.05, 3.63) is 76.7 Å². The van der Waals surface area contributed by atoms with Crippen molar-refractivity contribution in [2.75, 3.05) is 64.4 Å². The summed E-state index contributed by atoms with van der Waals surface area (Å²) >= 11 is 1.40. The van der Waals surface area contributed by atoms with Crippen LogP contribution >= 0.6 is 11.8 Å². The summed E-state index contributed by atoms with van der Waals surface area (Å²) in [6.07, 6.45) is 1.84. The minimum Gasteiger partial charge on any atom is -0.497 e. The van der Waals surface area contributed by atoms with E-state index in [0.29, 0.717) is 35.1 Å². The van der Waals surface area contributed by atoms with E-state index in [1.807, 2.05) is 71.6 Å². The molecule has 0 radical (unpaired) electrons. The third-order valence-electron chi connectivity index (χ3n) is 7.01. The van der Waals surface area contributed by atoms with Crippen molar-refractivity contribution in [1.82, 2.24) is 4.90 Å². The molecular formula is C30H31N3O5S. The number of carbonyl (C=O) groups excluding carboxylic acids is 2. The van der Waals surface area contributed by atoms with Gasteiger partial charge in [-0.1, -0.05) is 17.8 Å². The van der Waals surface area contributed by atoms with E-state index >= 15 is 0 Å². The van der Waals surface area contributed by atoms with Gasteiger partial charge in [-0.3, -0.25) is 9.59 Å². The minimum atomic E-state index is -0.125. The highest BCUT2D eigenvalue weighted by atomic mass is 32.2. The predicted molar refractivity (Wildman–Crippen MR) is 154 cm³/mol. The number of thioether (sulfide) groups is 1. The number of methoxy groups -OCH3 is 3. The Balaban J connectivity index is 1.29. The van der Waals surface area contributed by atoms with Gasteiger partial charge in [0.2, 0.25) is 0 Å². The monoisotopic (exact) mass is 545 g/mol. The number of hydrogen-bond acceptors (Lipinski definition) is 7. The van der Waals surface area contributed by atoms with Crippen LogP contribution in [-0.2, 0) is 4.79 Å². The number of benzene rings is 3. The van der Waals surface area contributed by atoms with Gasteiger partial charge in [-0.25, -0.2) is 0 Å². The molecule has 3 aromatic carbocycles. The molecule has 202 valence electrons. The number of carbonyl (C=O) groups is 2. The number of ether oxygens (including phenoxy) is 3. The zero-order chi connectivity index (χ0) is 27.5. The van der Waals surface area contributed by atoms with Gasteiger partial charge in [0, 0.05) is 49.4 Å². The summed E-state index contributed by atoms with van der Waals surface area (Å²) < 4.78 is 16.0. The lowest BCUT2D eigenvalue weighted by Crippen LogP contribution is -2.48. The van der Waals surface area contributed by atoms with Crippen LogP contribution in [0, 0.1) is 0 Å². The van der Waals surface area contributed by atoms with Crippen LogP contribution < -0.4 is 24.0 Å². The summed E-state index contributed by atoms with van der Waals surface area (Å²) in [5.74, 6) is 1.90. The Morgan fingerprint density at radius 1 is 0.846 bits per heavy atom. The molecule has 9 heteroatoms. The number of nitrogens with zero attached hydrogens (tertiary/aromatic N) is 3. The molecule has 39 heavy (non-hydrogen) atoms. The average molecular weight is 546 g/mol. The lowest BCUT2D eigenvalue weighted by Gasteiger charge is -2.36. The molecule has 3 aromatic rings. The summed E-state index contributed by atoms with van der Waals surface area (Å²) in [4.78, 5) is 33.9. The quantitative estimate of drug-likeness (QED) is 0.413. The zero-order valence-corrected chi connectivity index (χ0v) is 23.3. The van der Waals surface area contributed by atoms with E-state index in [1.165, 1.54) is 11.8 Å². The van der Waals surface area contributed by atoms with Gasteiger partial charge in [-0.2, -0.15) is 0 Å². The van der Waals surface area contributed by atoms with E-state index in [-0.39, 0.29) is 11.8 Å². The summed E-state index contributed by atoms with van der Waals surface area (Å²) in [5, 5.41) is 0. The molecule has 2 amide bonds. The fourth-order valence-corrected chi connectivity index (χ4v) is 5.86. The van der Waals surface area contributed by atoms with Crippen molar-refractivity contribution in [1.29, 1.82) is 0 Å².